The van der Waals surface area contributed by atoms with Gasteiger partial charge in [-0.1, -0.05) is 24.3 Å². The van der Waals surface area contributed by atoms with E-state index in [1.807, 2.05) is 6.26 Å². The molecule has 0 amide bonds. The number of likely N-dealkylation sites (N-methyl/N-ethyl adjacent to an activating group) is 1. The minimum absolute atomic E-state index is 0.511. The molecule has 4 rings (SSSR count). The molecule has 4 atom stereocenters. The van der Waals surface area contributed by atoms with Gasteiger partial charge in [-0.25, -0.2) is 0 Å². The number of benzene rings is 1. The average Bonchev–Trinajstić information content (AvgIpc) is 3.24. The number of fused-ring (bicyclic) bond motifs is 3. The van der Waals surface area contributed by atoms with Gasteiger partial charge in [-0.15, -0.1) is 0 Å². The Balaban J connectivity index is 1.60. The molecule has 0 spiro atoms. The van der Waals surface area contributed by atoms with Gasteiger partial charge in [0.15, 0.2) is 0 Å². The Hall–Kier alpha value is -1.28. The molecule has 1 heterocycles. The summed E-state index contributed by atoms with van der Waals surface area (Å²) in [5.74, 6) is 2.43. The number of rotatable bonds is 3. The summed E-state index contributed by atoms with van der Waals surface area (Å²) in [5, 5.41) is 3.57. The minimum Gasteiger partial charge on any atom is -0.501 e. The second-order valence-electron chi connectivity index (χ2n) is 6.44. The molecule has 0 aromatic heterocycles. The molecule has 1 aromatic rings. The molecule has 0 saturated heterocycles. The van der Waals surface area contributed by atoms with Gasteiger partial charge in [0.05, 0.1) is 12.9 Å². The zero-order valence-corrected chi connectivity index (χ0v) is 12.1. The molecule has 1 aromatic carbocycles. The first-order valence-corrected chi connectivity index (χ1v) is 7.96. The molecule has 2 nitrogen and oxygen atoms in total. The molecule has 2 heteroatoms. The fraction of sp³-hybridized carbons (Fsp3) is 0.556. The van der Waals surface area contributed by atoms with Crippen LogP contribution in [-0.4, -0.2) is 19.7 Å². The van der Waals surface area contributed by atoms with E-state index in [0.717, 1.165) is 24.4 Å². The molecule has 1 fully saturated rings. The van der Waals surface area contributed by atoms with Crippen molar-refractivity contribution in [2.45, 2.75) is 37.6 Å². The van der Waals surface area contributed by atoms with E-state index in [-0.39, 0.29) is 0 Å². The van der Waals surface area contributed by atoms with Crippen molar-refractivity contribution in [1.82, 2.24) is 5.32 Å². The van der Waals surface area contributed by atoms with Crippen molar-refractivity contribution in [2.75, 3.05) is 13.7 Å². The highest BCUT2D eigenvalue weighted by atomic mass is 16.5. The maximum atomic E-state index is 5.56. The molecule has 1 aliphatic heterocycles. The highest BCUT2D eigenvalue weighted by Crippen LogP contribution is 2.62. The van der Waals surface area contributed by atoms with E-state index in [1.54, 1.807) is 11.1 Å². The predicted octanol–water partition coefficient (Wildman–Crippen LogP) is 3.24. The Morgan fingerprint density at radius 3 is 2.95 bits per heavy atom. The van der Waals surface area contributed by atoms with Gasteiger partial charge in [0.25, 0.3) is 0 Å². The first kappa shape index (κ1) is 12.5. The van der Waals surface area contributed by atoms with Gasteiger partial charge in [0, 0.05) is 6.04 Å². The molecule has 2 aliphatic carbocycles. The van der Waals surface area contributed by atoms with Crippen molar-refractivity contribution >= 4 is 0 Å². The van der Waals surface area contributed by atoms with E-state index in [0.29, 0.717) is 6.04 Å². The molecule has 4 unspecified atom stereocenters. The van der Waals surface area contributed by atoms with E-state index in [2.05, 4.69) is 36.6 Å². The first-order chi connectivity index (χ1) is 9.90. The second kappa shape index (κ2) is 4.92. The van der Waals surface area contributed by atoms with Crippen LogP contribution in [-0.2, 0) is 11.2 Å². The lowest BCUT2D eigenvalue weighted by Crippen LogP contribution is -2.32. The van der Waals surface area contributed by atoms with Gasteiger partial charge in [-0.3, -0.25) is 0 Å². The summed E-state index contributed by atoms with van der Waals surface area (Å²) in [7, 11) is 2.11. The largest absolute Gasteiger partial charge is 0.501 e. The van der Waals surface area contributed by atoms with Crippen LogP contribution in [0.5, 0.6) is 0 Å². The highest BCUT2D eigenvalue weighted by molar-refractivity contribution is 5.41. The van der Waals surface area contributed by atoms with Gasteiger partial charge in [-0.2, -0.15) is 0 Å². The number of aryl methyl sites for hydroxylation is 1. The van der Waals surface area contributed by atoms with E-state index >= 15 is 0 Å². The molecule has 106 valence electrons. The van der Waals surface area contributed by atoms with Crippen molar-refractivity contribution in [3.63, 3.8) is 0 Å². The number of hydrogen-bond acceptors (Lipinski definition) is 2. The van der Waals surface area contributed by atoms with Crippen LogP contribution < -0.4 is 5.32 Å². The van der Waals surface area contributed by atoms with Crippen LogP contribution in [0.1, 0.15) is 36.3 Å². The van der Waals surface area contributed by atoms with Gasteiger partial charge < -0.3 is 10.1 Å². The van der Waals surface area contributed by atoms with Gasteiger partial charge in [0.1, 0.15) is 0 Å². The van der Waals surface area contributed by atoms with Crippen LogP contribution in [0.2, 0.25) is 0 Å². The molecular weight excluding hydrogens is 246 g/mol. The van der Waals surface area contributed by atoms with Crippen LogP contribution in [0.3, 0.4) is 0 Å². The van der Waals surface area contributed by atoms with Crippen LogP contribution in [0.15, 0.2) is 36.1 Å². The quantitative estimate of drug-likeness (QED) is 0.909. The highest BCUT2D eigenvalue weighted by Gasteiger charge is 2.56. The molecule has 20 heavy (non-hydrogen) atoms. The van der Waals surface area contributed by atoms with Crippen molar-refractivity contribution in [3.05, 3.63) is 47.2 Å². The first-order valence-electron chi connectivity index (χ1n) is 7.96. The van der Waals surface area contributed by atoms with Crippen molar-refractivity contribution < 1.29 is 4.74 Å². The fourth-order valence-corrected chi connectivity index (χ4v) is 4.51. The lowest BCUT2D eigenvalue weighted by atomic mass is 9.92. The maximum absolute atomic E-state index is 5.56. The molecule has 0 radical (unpaired) electrons. The number of nitrogens with one attached hydrogen (secondary N) is 1. The van der Waals surface area contributed by atoms with E-state index in [1.165, 1.54) is 31.3 Å². The molecule has 0 bridgehead atoms. The zero-order chi connectivity index (χ0) is 13.5. The van der Waals surface area contributed by atoms with E-state index < -0.39 is 0 Å². The van der Waals surface area contributed by atoms with Gasteiger partial charge in [0.2, 0.25) is 0 Å². The van der Waals surface area contributed by atoms with Crippen LogP contribution in [0, 0.1) is 11.8 Å². The van der Waals surface area contributed by atoms with Crippen LogP contribution in [0.4, 0.5) is 0 Å². The third-order valence-electron chi connectivity index (χ3n) is 5.45. The summed E-state index contributed by atoms with van der Waals surface area (Å²) in [4.78, 5) is 0. The van der Waals surface area contributed by atoms with E-state index in [9.17, 15) is 0 Å². The third kappa shape index (κ3) is 1.89. The lowest BCUT2D eigenvalue weighted by molar-refractivity contribution is 0.218. The van der Waals surface area contributed by atoms with Crippen molar-refractivity contribution in [2.24, 2.45) is 11.8 Å². The monoisotopic (exact) mass is 269 g/mol. The Labute approximate surface area is 121 Å². The smallest absolute Gasteiger partial charge is 0.0876 e. The number of ether oxygens (including phenoxy) is 1. The average molecular weight is 269 g/mol. The Bertz CT molecular complexity index is 536. The maximum Gasteiger partial charge on any atom is 0.0876 e. The van der Waals surface area contributed by atoms with Crippen molar-refractivity contribution in [1.29, 1.82) is 0 Å². The summed E-state index contributed by atoms with van der Waals surface area (Å²) < 4.78 is 5.56. The van der Waals surface area contributed by atoms with Crippen LogP contribution >= 0.6 is 0 Å². The Morgan fingerprint density at radius 2 is 2.15 bits per heavy atom. The summed E-state index contributed by atoms with van der Waals surface area (Å²) in [6.07, 6.45) is 7.02. The standard InChI is InChI=1S/C18H23NO/c1-19-18(13-6-4-10-20-11-13)17-15-9-8-12-5-2-3-7-14(12)16(15)17/h2-3,5,7,11,15-19H,4,6,8-10H2,1H3. The topological polar surface area (TPSA) is 21.3 Å². The summed E-state index contributed by atoms with van der Waals surface area (Å²) in [5.41, 5.74) is 4.68. The fourth-order valence-electron chi connectivity index (χ4n) is 4.51. The zero-order valence-electron chi connectivity index (χ0n) is 12.1. The van der Waals surface area contributed by atoms with Gasteiger partial charge >= 0.3 is 0 Å². The summed E-state index contributed by atoms with van der Waals surface area (Å²) in [6.45, 7) is 0.889. The molecular formula is C18H23NO. The Morgan fingerprint density at radius 1 is 1.25 bits per heavy atom. The summed E-state index contributed by atoms with van der Waals surface area (Å²) >= 11 is 0. The lowest BCUT2D eigenvalue weighted by Gasteiger charge is -2.23. The van der Waals surface area contributed by atoms with E-state index in [4.69, 9.17) is 4.74 Å². The Kier molecular flexibility index (Phi) is 3.07. The molecule has 1 saturated carbocycles. The van der Waals surface area contributed by atoms with Gasteiger partial charge in [-0.05, 0) is 67.2 Å². The minimum atomic E-state index is 0.511. The summed E-state index contributed by atoms with van der Waals surface area (Å²) in [6, 6.07) is 9.57. The van der Waals surface area contributed by atoms with Crippen LogP contribution in [0.25, 0.3) is 0 Å². The molecule has 3 aliphatic rings. The molecule has 1 N–H and O–H groups in total. The third-order valence-corrected chi connectivity index (χ3v) is 5.45. The normalized spacial score (nSPS) is 32.5. The predicted molar refractivity (Wildman–Crippen MR) is 80.6 cm³/mol. The SMILES string of the molecule is CNC(C1=COCCC1)C1C2CCc3ccccc3C21. The number of hydrogen-bond donors (Lipinski definition) is 1. The second-order valence-corrected chi connectivity index (χ2v) is 6.44. The van der Waals surface area contributed by atoms with Crippen molar-refractivity contribution in [3.8, 4) is 0 Å².